The van der Waals surface area contributed by atoms with Gasteiger partial charge < -0.3 is 15.4 Å². The van der Waals surface area contributed by atoms with Crippen LogP contribution in [0.25, 0.3) is 0 Å². The Hall–Kier alpha value is -3.07. The maximum atomic E-state index is 12.6. The van der Waals surface area contributed by atoms with Crippen LogP contribution < -0.4 is 20.1 Å². The van der Waals surface area contributed by atoms with Gasteiger partial charge in [-0.15, -0.1) is 0 Å². The van der Waals surface area contributed by atoms with Crippen molar-refractivity contribution < 1.29 is 22.7 Å². The molecule has 0 atom stereocenters. The molecule has 0 aromatic heterocycles. The number of hydrogen-bond donors (Lipinski definition) is 3. The highest BCUT2D eigenvalue weighted by atomic mass is 32.2. The Morgan fingerprint density at radius 2 is 1.82 bits per heavy atom. The average molecular weight is 403 g/mol. The van der Waals surface area contributed by atoms with Gasteiger partial charge in [0.05, 0.1) is 18.6 Å². The van der Waals surface area contributed by atoms with Gasteiger partial charge >= 0.3 is 0 Å². The molecule has 1 fully saturated rings. The zero-order valence-electron chi connectivity index (χ0n) is 15.3. The van der Waals surface area contributed by atoms with E-state index in [1.165, 1.54) is 31.4 Å². The molecule has 28 heavy (non-hydrogen) atoms. The van der Waals surface area contributed by atoms with Crippen molar-refractivity contribution in [2.75, 3.05) is 18.4 Å². The number of rotatable bonds is 8. The van der Waals surface area contributed by atoms with Gasteiger partial charge in [-0.1, -0.05) is 6.07 Å². The maximum Gasteiger partial charge on any atom is 0.261 e. The number of carbonyl (C=O) groups is 2. The number of amides is 2. The molecular formula is C19H21N3O5S. The lowest BCUT2D eigenvalue weighted by Crippen LogP contribution is -2.37. The molecule has 3 N–H and O–H groups in total. The molecule has 0 spiro atoms. The van der Waals surface area contributed by atoms with Crippen LogP contribution in [-0.4, -0.2) is 39.9 Å². The molecule has 2 aromatic rings. The summed E-state index contributed by atoms with van der Waals surface area (Å²) in [6, 6.07) is 12.2. The molecular weight excluding hydrogens is 382 g/mol. The fourth-order valence-corrected chi connectivity index (χ4v) is 3.55. The van der Waals surface area contributed by atoms with Crippen LogP contribution in [0.3, 0.4) is 0 Å². The molecule has 0 radical (unpaired) electrons. The second-order valence-electron chi connectivity index (χ2n) is 6.39. The summed E-state index contributed by atoms with van der Waals surface area (Å²) in [4.78, 5) is 23.8. The van der Waals surface area contributed by atoms with E-state index in [1.807, 2.05) is 0 Å². The van der Waals surface area contributed by atoms with Crippen molar-refractivity contribution in [2.45, 2.75) is 23.8 Å². The lowest BCUT2D eigenvalue weighted by atomic mass is 10.2. The minimum atomic E-state index is -3.88. The number of hydrogen-bond acceptors (Lipinski definition) is 5. The van der Waals surface area contributed by atoms with Gasteiger partial charge in [0.2, 0.25) is 5.91 Å². The highest BCUT2D eigenvalue weighted by Gasteiger charge is 2.23. The van der Waals surface area contributed by atoms with Crippen LogP contribution in [0.15, 0.2) is 53.4 Å². The predicted molar refractivity (Wildman–Crippen MR) is 104 cm³/mol. The Balaban J connectivity index is 1.66. The van der Waals surface area contributed by atoms with Crippen molar-refractivity contribution in [2.24, 2.45) is 0 Å². The van der Waals surface area contributed by atoms with E-state index < -0.39 is 15.9 Å². The quantitative estimate of drug-likeness (QED) is 0.618. The van der Waals surface area contributed by atoms with Gasteiger partial charge in [-0.05, 0) is 55.3 Å². The number of carbonyl (C=O) groups excluding carboxylic acids is 2. The summed E-state index contributed by atoms with van der Waals surface area (Å²) in [7, 11) is -2.36. The summed E-state index contributed by atoms with van der Waals surface area (Å²) in [5.41, 5.74) is 0.518. The van der Waals surface area contributed by atoms with Gasteiger partial charge in [0.25, 0.3) is 15.9 Å². The standard InChI is InChI=1S/C19H21N3O5S/c1-27-16-9-7-15(8-10-16)22-28(25,26)17-4-2-3-13(11-17)19(24)20-12-18(23)21-14-5-6-14/h2-4,7-11,14,22H,5-6,12H2,1H3,(H,20,24)(H,21,23). The van der Waals surface area contributed by atoms with Crippen LogP contribution >= 0.6 is 0 Å². The molecule has 148 valence electrons. The average Bonchev–Trinajstić information content (AvgIpc) is 3.50. The summed E-state index contributed by atoms with van der Waals surface area (Å²) in [6.07, 6.45) is 1.92. The monoisotopic (exact) mass is 403 g/mol. The summed E-state index contributed by atoms with van der Waals surface area (Å²) >= 11 is 0. The maximum absolute atomic E-state index is 12.6. The van der Waals surface area contributed by atoms with Crippen LogP contribution in [0.5, 0.6) is 5.75 Å². The third-order valence-corrected chi connectivity index (χ3v) is 5.48. The van der Waals surface area contributed by atoms with E-state index >= 15 is 0 Å². The van der Waals surface area contributed by atoms with E-state index in [9.17, 15) is 18.0 Å². The normalized spacial score (nSPS) is 13.5. The van der Waals surface area contributed by atoms with Gasteiger partial charge in [0.15, 0.2) is 0 Å². The molecule has 0 heterocycles. The molecule has 3 rings (SSSR count). The number of benzene rings is 2. The fraction of sp³-hybridized carbons (Fsp3) is 0.263. The van der Waals surface area contributed by atoms with Crippen molar-refractivity contribution >= 4 is 27.5 Å². The summed E-state index contributed by atoms with van der Waals surface area (Å²) in [5.74, 6) is -0.180. The lowest BCUT2D eigenvalue weighted by molar-refractivity contribution is -0.120. The van der Waals surface area contributed by atoms with E-state index in [4.69, 9.17) is 4.74 Å². The van der Waals surface area contributed by atoms with E-state index in [1.54, 1.807) is 24.3 Å². The zero-order chi connectivity index (χ0) is 20.1. The summed E-state index contributed by atoms with van der Waals surface area (Å²) in [5, 5.41) is 5.26. The molecule has 0 saturated heterocycles. The number of ether oxygens (including phenoxy) is 1. The molecule has 8 nitrogen and oxygen atoms in total. The van der Waals surface area contributed by atoms with Crippen molar-refractivity contribution in [3.8, 4) is 5.75 Å². The Labute approximate surface area is 163 Å². The molecule has 0 aliphatic heterocycles. The first-order valence-corrected chi connectivity index (χ1v) is 10.2. The zero-order valence-corrected chi connectivity index (χ0v) is 16.1. The Bertz CT molecular complexity index is 969. The first-order chi connectivity index (χ1) is 13.4. The lowest BCUT2D eigenvalue weighted by Gasteiger charge is -2.10. The third-order valence-electron chi connectivity index (χ3n) is 4.10. The van der Waals surface area contributed by atoms with Gasteiger partial charge in [0.1, 0.15) is 5.75 Å². The van der Waals surface area contributed by atoms with E-state index in [-0.39, 0.29) is 29.0 Å². The highest BCUT2D eigenvalue weighted by Crippen LogP contribution is 2.20. The van der Waals surface area contributed by atoms with E-state index in [2.05, 4.69) is 15.4 Å². The van der Waals surface area contributed by atoms with Gasteiger partial charge in [-0.25, -0.2) is 8.42 Å². The van der Waals surface area contributed by atoms with Gasteiger partial charge in [-0.2, -0.15) is 0 Å². The molecule has 2 amide bonds. The summed E-state index contributed by atoms with van der Waals surface area (Å²) < 4.78 is 32.7. The third kappa shape index (κ3) is 5.23. The minimum Gasteiger partial charge on any atom is -0.497 e. The molecule has 2 aromatic carbocycles. The molecule has 9 heteroatoms. The molecule has 0 bridgehead atoms. The van der Waals surface area contributed by atoms with Crippen molar-refractivity contribution in [1.29, 1.82) is 0 Å². The smallest absolute Gasteiger partial charge is 0.261 e. The fourth-order valence-electron chi connectivity index (χ4n) is 2.45. The van der Waals surface area contributed by atoms with Crippen LogP contribution in [0, 0.1) is 0 Å². The molecule has 1 aliphatic rings. The van der Waals surface area contributed by atoms with Gasteiger partial charge in [-0.3, -0.25) is 14.3 Å². The second-order valence-corrected chi connectivity index (χ2v) is 8.07. The largest absolute Gasteiger partial charge is 0.497 e. The van der Waals surface area contributed by atoms with Crippen LogP contribution in [0.2, 0.25) is 0 Å². The van der Waals surface area contributed by atoms with Crippen molar-refractivity contribution in [3.63, 3.8) is 0 Å². The number of methoxy groups -OCH3 is 1. The molecule has 1 saturated carbocycles. The van der Waals surface area contributed by atoms with Crippen LogP contribution in [-0.2, 0) is 14.8 Å². The van der Waals surface area contributed by atoms with Crippen molar-refractivity contribution in [3.05, 3.63) is 54.1 Å². The predicted octanol–water partition coefficient (Wildman–Crippen LogP) is 1.50. The van der Waals surface area contributed by atoms with Crippen molar-refractivity contribution in [1.82, 2.24) is 10.6 Å². The molecule has 0 unspecified atom stereocenters. The van der Waals surface area contributed by atoms with E-state index in [0.29, 0.717) is 11.4 Å². The topological polar surface area (TPSA) is 114 Å². The minimum absolute atomic E-state index is 0.0570. The Kier molecular flexibility index (Phi) is 5.84. The van der Waals surface area contributed by atoms with E-state index in [0.717, 1.165) is 12.8 Å². The SMILES string of the molecule is COc1ccc(NS(=O)(=O)c2cccc(C(=O)NCC(=O)NC3CC3)c2)cc1. The number of anilines is 1. The van der Waals surface area contributed by atoms with Gasteiger partial charge in [0, 0.05) is 17.3 Å². The highest BCUT2D eigenvalue weighted by molar-refractivity contribution is 7.92. The molecule has 1 aliphatic carbocycles. The van der Waals surface area contributed by atoms with Crippen LogP contribution in [0.4, 0.5) is 5.69 Å². The number of nitrogens with one attached hydrogen (secondary N) is 3. The first-order valence-electron chi connectivity index (χ1n) is 8.72. The van der Waals surface area contributed by atoms with Crippen LogP contribution in [0.1, 0.15) is 23.2 Å². The Morgan fingerprint density at radius 1 is 1.11 bits per heavy atom. The summed E-state index contributed by atoms with van der Waals surface area (Å²) in [6.45, 7) is -0.156. The second kappa shape index (κ2) is 8.30. The Morgan fingerprint density at radius 3 is 2.46 bits per heavy atom. The number of sulfonamides is 1. The first kappa shape index (κ1) is 19.7.